The zero-order chi connectivity index (χ0) is 34.7. The molecule has 3 heteroatoms. The standard InChI is InChI=1S/C49H36N2Si/c1-52(2,3)34-23-21-33(22-24-34)50-44-17-8-6-13-37(44)42-29-31(19-26-47(42)50)32-20-27-48-43(30-32)38-14-7-9-18-45(38)51(48)46-28-25-40-36-12-5-4-11-35(36)39-15-10-16-41(46)49(39)40/h4-30H,1-3H3. The number of rotatable bonds is 4. The number of hydrogen-bond donors (Lipinski definition) is 0. The first-order chi connectivity index (χ1) is 25.4. The summed E-state index contributed by atoms with van der Waals surface area (Å²) in [5.41, 5.74) is 15.1. The molecule has 0 aliphatic heterocycles. The van der Waals surface area contributed by atoms with Crippen LogP contribution in [0.4, 0.5) is 0 Å². The number of fused-ring (bicyclic) bond motifs is 9. The normalized spacial score (nSPS) is 12.5. The molecule has 2 nitrogen and oxygen atoms in total. The third-order valence-corrected chi connectivity index (χ3v) is 13.5. The SMILES string of the molecule is C[Si](C)(C)c1ccc(-n2c3ccccc3c3cc(-c4ccc5c(c4)c4ccccc4n5-c4ccc5c6c(cccc46)-c4ccccc4-5)ccc32)cc1. The molecule has 0 atom stereocenters. The summed E-state index contributed by atoms with van der Waals surface area (Å²) in [4.78, 5) is 0. The number of hydrogen-bond acceptors (Lipinski definition) is 0. The highest BCUT2D eigenvalue weighted by Gasteiger charge is 2.24. The van der Waals surface area contributed by atoms with Gasteiger partial charge < -0.3 is 9.13 Å². The summed E-state index contributed by atoms with van der Waals surface area (Å²) in [6, 6.07) is 61.3. The summed E-state index contributed by atoms with van der Waals surface area (Å²) in [6.07, 6.45) is 0. The van der Waals surface area contributed by atoms with Crippen molar-refractivity contribution in [1.82, 2.24) is 9.13 Å². The monoisotopic (exact) mass is 680 g/mol. The van der Waals surface area contributed by atoms with Gasteiger partial charge in [-0.3, -0.25) is 0 Å². The minimum Gasteiger partial charge on any atom is -0.309 e. The lowest BCUT2D eigenvalue weighted by Gasteiger charge is -2.17. The molecule has 1 aliphatic rings. The second-order valence-electron chi connectivity index (χ2n) is 15.4. The minimum atomic E-state index is -1.39. The van der Waals surface area contributed by atoms with Gasteiger partial charge in [-0.25, -0.2) is 0 Å². The van der Waals surface area contributed by atoms with Crippen molar-refractivity contribution in [1.29, 1.82) is 0 Å². The van der Waals surface area contributed by atoms with Crippen molar-refractivity contribution in [3.63, 3.8) is 0 Å². The quantitative estimate of drug-likeness (QED) is 0.164. The maximum atomic E-state index is 2.48. The van der Waals surface area contributed by atoms with Gasteiger partial charge >= 0.3 is 0 Å². The third-order valence-electron chi connectivity index (χ3n) is 11.4. The zero-order valence-corrected chi connectivity index (χ0v) is 30.5. The van der Waals surface area contributed by atoms with Gasteiger partial charge in [0, 0.05) is 32.6 Å². The van der Waals surface area contributed by atoms with E-state index in [1.807, 2.05) is 0 Å². The Labute approximate surface area is 303 Å². The van der Waals surface area contributed by atoms with E-state index in [2.05, 4.69) is 193 Å². The van der Waals surface area contributed by atoms with Gasteiger partial charge in [0.15, 0.2) is 0 Å². The fourth-order valence-electron chi connectivity index (χ4n) is 8.94. The molecule has 0 spiro atoms. The second-order valence-corrected chi connectivity index (χ2v) is 20.4. The molecule has 11 rings (SSSR count). The molecule has 0 amide bonds. The first kappa shape index (κ1) is 29.6. The molecule has 0 radical (unpaired) electrons. The predicted octanol–water partition coefficient (Wildman–Crippen LogP) is 12.9. The molecule has 0 fully saturated rings. The Morgan fingerprint density at radius 2 is 0.865 bits per heavy atom. The van der Waals surface area contributed by atoms with Gasteiger partial charge in [0.1, 0.15) is 0 Å². The highest BCUT2D eigenvalue weighted by Crippen LogP contribution is 2.49. The number of benzene rings is 8. The van der Waals surface area contributed by atoms with E-state index in [1.54, 1.807) is 0 Å². The Balaban J connectivity index is 1.09. The van der Waals surface area contributed by atoms with Crippen LogP contribution in [0.3, 0.4) is 0 Å². The van der Waals surface area contributed by atoms with Gasteiger partial charge in [0.25, 0.3) is 0 Å². The van der Waals surface area contributed by atoms with Crippen LogP contribution in [0.25, 0.3) is 99.1 Å². The number of nitrogens with zero attached hydrogens (tertiary/aromatic N) is 2. The van der Waals surface area contributed by atoms with Gasteiger partial charge in [-0.1, -0.05) is 134 Å². The van der Waals surface area contributed by atoms with E-state index in [1.165, 1.54) is 104 Å². The van der Waals surface area contributed by atoms with Gasteiger partial charge in [-0.15, -0.1) is 0 Å². The molecule has 8 aromatic carbocycles. The smallest absolute Gasteiger partial charge is 0.0775 e. The molecule has 2 aromatic heterocycles. The van der Waals surface area contributed by atoms with Crippen molar-refractivity contribution in [2.75, 3.05) is 0 Å². The highest BCUT2D eigenvalue weighted by molar-refractivity contribution is 6.88. The summed E-state index contributed by atoms with van der Waals surface area (Å²) in [6.45, 7) is 7.23. The van der Waals surface area contributed by atoms with Crippen LogP contribution in [-0.2, 0) is 0 Å². The van der Waals surface area contributed by atoms with Crippen molar-refractivity contribution >= 4 is 67.6 Å². The molecule has 0 unspecified atom stereocenters. The van der Waals surface area contributed by atoms with Crippen molar-refractivity contribution in [3.8, 4) is 44.8 Å². The largest absolute Gasteiger partial charge is 0.309 e. The van der Waals surface area contributed by atoms with Crippen molar-refractivity contribution in [2.45, 2.75) is 19.6 Å². The van der Waals surface area contributed by atoms with Gasteiger partial charge in [-0.05, 0) is 93.4 Å². The van der Waals surface area contributed by atoms with Crippen molar-refractivity contribution < 1.29 is 0 Å². The molecule has 0 N–H and O–H groups in total. The minimum absolute atomic E-state index is 1.21. The average molecular weight is 681 g/mol. The van der Waals surface area contributed by atoms with Crippen LogP contribution >= 0.6 is 0 Å². The molecule has 10 aromatic rings. The van der Waals surface area contributed by atoms with Crippen LogP contribution in [-0.4, -0.2) is 17.2 Å². The maximum Gasteiger partial charge on any atom is 0.0775 e. The van der Waals surface area contributed by atoms with Gasteiger partial charge in [0.05, 0.1) is 35.8 Å². The molecule has 1 aliphatic carbocycles. The molecular formula is C49H36N2Si. The topological polar surface area (TPSA) is 9.86 Å². The Hall–Kier alpha value is -6.16. The lowest BCUT2D eigenvalue weighted by molar-refractivity contribution is 1.18. The zero-order valence-electron chi connectivity index (χ0n) is 29.5. The van der Waals surface area contributed by atoms with Crippen LogP contribution < -0.4 is 5.19 Å². The van der Waals surface area contributed by atoms with Crippen LogP contribution in [0.1, 0.15) is 0 Å². The Kier molecular flexibility index (Phi) is 6.07. The number of aromatic nitrogens is 2. The van der Waals surface area contributed by atoms with E-state index in [4.69, 9.17) is 0 Å². The van der Waals surface area contributed by atoms with E-state index in [-0.39, 0.29) is 0 Å². The maximum absolute atomic E-state index is 2.48. The van der Waals surface area contributed by atoms with Crippen molar-refractivity contribution in [2.24, 2.45) is 0 Å². The molecule has 2 heterocycles. The van der Waals surface area contributed by atoms with Gasteiger partial charge in [0.2, 0.25) is 0 Å². The van der Waals surface area contributed by atoms with Gasteiger partial charge in [-0.2, -0.15) is 0 Å². The Morgan fingerprint density at radius 3 is 1.50 bits per heavy atom. The summed E-state index contributed by atoms with van der Waals surface area (Å²) in [7, 11) is -1.39. The third kappa shape index (κ3) is 4.11. The molecule has 246 valence electrons. The predicted molar refractivity (Wildman–Crippen MR) is 225 cm³/mol. The fraction of sp³-hybridized carbons (Fsp3) is 0.0612. The summed E-state index contributed by atoms with van der Waals surface area (Å²) >= 11 is 0. The molecule has 52 heavy (non-hydrogen) atoms. The van der Waals surface area contributed by atoms with Crippen LogP contribution in [0, 0.1) is 0 Å². The first-order valence-electron chi connectivity index (χ1n) is 18.3. The van der Waals surface area contributed by atoms with E-state index >= 15 is 0 Å². The van der Waals surface area contributed by atoms with E-state index in [9.17, 15) is 0 Å². The Morgan fingerprint density at radius 1 is 0.365 bits per heavy atom. The van der Waals surface area contributed by atoms with Crippen LogP contribution in [0.15, 0.2) is 164 Å². The first-order valence-corrected chi connectivity index (χ1v) is 21.8. The van der Waals surface area contributed by atoms with E-state index < -0.39 is 8.07 Å². The lowest BCUT2D eigenvalue weighted by atomic mass is 10.0. The number of para-hydroxylation sites is 2. The molecule has 0 saturated carbocycles. The summed E-state index contributed by atoms with van der Waals surface area (Å²) in [5.74, 6) is 0. The summed E-state index contributed by atoms with van der Waals surface area (Å²) < 4.78 is 4.90. The highest BCUT2D eigenvalue weighted by atomic mass is 28.3. The van der Waals surface area contributed by atoms with Crippen LogP contribution in [0.2, 0.25) is 19.6 Å². The molecule has 0 bridgehead atoms. The molecule has 0 saturated heterocycles. The summed E-state index contributed by atoms with van der Waals surface area (Å²) in [5, 5.41) is 9.21. The van der Waals surface area contributed by atoms with Crippen molar-refractivity contribution in [3.05, 3.63) is 164 Å². The average Bonchev–Trinajstić information content (AvgIpc) is 3.81. The van der Waals surface area contributed by atoms with E-state index in [0.717, 1.165) is 0 Å². The second kappa shape index (κ2) is 10.7. The lowest BCUT2D eigenvalue weighted by Crippen LogP contribution is -2.37. The van der Waals surface area contributed by atoms with E-state index in [0.29, 0.717) is 0 Å². The molecular weight excluding hydrogens is 645 g/mol. The Bertz CT molecular complexity index is 3070. The fourth-order valence-corrected chi connectivity index (χ4v) is 10.1. The van der Waals surface area contributed by atoms with Crippen LogP contribution in [0.5, 0.6) is 0 Å².